The second-order valence-electron chi connectivity index (χ2n) is 11.3. The number of alkyl halides is 3. The Labute approximate surface area is 255 Å². The molecule has 0 bridgehead atoms. The standard InChI is InChI=1S/C31H35ClF3N3O4S/c1-21-11-9-10-14-23(21)19-37(27(29(40)36-30(2,3)4)17-22-12-7-6-8-13-22)28(39)20-38(43(5,41)42)24-15-16-26(32)25(18-24)31(33,34)35/h6-16,18,27H,17,19-20H2,1-5H3,(H,36,40)/t27-/m1/s1. The number of halogens is 4. The van der Waals surface area contributed by atoms with Crippen LogP contribution in [0.4, 0.5) is 18.9 Å². The summed E-state index contributed by atoms with van der Waals surface area (Å²) in [4.78, 5) is 29.2. The van der Waals surface area contributed by atoms with Crippen LogP contribution >= 0.6 is 11.6 Å². The van der Waals surface area contributed by atoms with Crippen molar-refractivity contribution in [3.63, 3.8) is 0 Å². The minimum absolute atomic E-state index is 0.0490. The van der Waals surface area contributed by atoms with E-state index in [-0.39, 0.29) is 18.7 Å². The van der Waals surface area contributed by atoms with Crippen molar-refractivity contribution < 1.29 is 31.2 Å². The van der Waals surface area contributed by atoms with Crippen LogP contribution < -0.4 is 9.62 Å². The molecule has 12 heteroatoms. The summed E-state index contributed by atoms with van der Waals surface area (Å²) in [5.41, 5.74) is 0.0287. The zero-order chi connectivity index (χ0) is 32.2. The molecule has 0 unspecified atom stereocenters. The number of carbonyl (C=O) groups excluding carboxylic acids is 2. The van der Waals surface area contributed by atoms with E-state index in [1.807, 2.05) is 37.3 Å². The number of hydrogen-bond acceptors (Lipinski definition) is 4. The molecule has 3 aromatic rings. The minimum atomic E-state index is -4.86. The monoisotopic (exact) mass is 637 g/mol. The number of nitrogens with zero attached hydrogens (tertiary/aromatic N) is 2. The predicted molar refractivity (Wildman–Crippen MR) is 162 cm³/mol. The van der Waals surface area contributed by atoms with E-state index in [0.717, 1.165) is 29.5 Å². The van der Waals surface area contributed by atoms with E-state index in [4.69, 9.17) is 11.6 Å². The summed E-state index contributed by atoms with van der Waals surface area (Å²) in [5.74, 6) is -1.24. The number of rotatable bonds is 10. The van der Waals surface area contributed by atoms with Crippen molar-refractivity contribution in [2.45, 2.75) is 58.4 Å². The fourth-order valence-electron chi connectivity index (χ4n) is 4.48. The molecule has 0 saturated heterocycles. The highest BCUT2D eigenvalue weighted by molar-refractivity contribution is 7.92. The van der Waals surface area contributed by atoms with Gasteiger partial charge in [0.05, 0.1) is 22.5 Å². The van der Waals surface area contributed by atoms with E-state index in [1.54, 1.807) is 45.0 Å². The number of nitrogens with one attached hydrogen (secondary N) is 1. The van der Waals surface area contributed by atoms with Crippen molar-refractivity contribution >= 4 is 39.1 Å². The molecule has 1 atom stereocenters. The van der Waals surface area contributed by atoms with Gasteiger partial charge >= 0.3 is 6.18 Å². The first-order chi connectivity index (χ1) is 19.9. The van der Waals surface area contributed by atoms with Gasteiger partial charge in [0.25, 0.3) is 0 Å². The molecule has 232 valence electrons. The fourth-order valence-corrected chi connectivity index (χ4v) is 5.54. The number of hydrogen-bond donors (Lipinski definition) is 1. The largest absolute Gasteiger partial charge is 0.417 e. The number of anilines is 1. The van der Waals surface area contributed by atoms with Crippen LogP contribution in [0, 0.1) is 6.92 Å². The van der Waals surface area contributed by atoms with Crippen LogP contribution in [-0.2, 0) is 38.8 Å². The third kappa shape index (κ3) is 9.46. The molecule has 0 fully saturated rings. The average molecular weight is 638 g/mol. The molecule has 1 N–H and O–H groups in total. The van der Waals surface area contributed by atoms with Gasteiger partial charge in [0.15, 0.2) is 0 Å². The Morgan fingerprint density at radius 1 is 0.953 bits per heavy atom. The van der Waals surface area contributed by atoms with E-state index >= 15 is 0 Å². The number of carbonyl (C=O) groups is 2. The van der Waals surface area contributed by atoms with Crippen LogP contribution in [-0.4, -0.2) is 49.5 Å². The maximum absolute atomic E-state index is 14.1. The molecule has 3 aromatic carbocycles. The van der Waals surface area contributed by atoms with Gasteiger partial charge in [-0.3, -0.25) is 13.9 Å². The first-order valence-corrected chi connectivity index (χ1v) is 15.6. The molecule has 0 spiro atoms. The maximum atomic E-state index is 14.1. The van der Waals surface area contributed by atoms with Gasteiger partial charge in [0.1, 0.15) is 12.6 Å². The average Bonchev–Trinajstić information content (AvgIpc) is 2.89. The Kier molecular flexibility index (Phi) is 10.6. The van der Waals surface area contributed by atoms with Crippen LogP contribution in [0.1, 0.15) is 43.0 Å². The highest BCUT2D eigenvalue weighted by atomic mass is 35.5. The summed E-state index contributed by atoms with van der Waals surface area (Å²) < 4.78 is 67.2. The first-order valence-electron chi connectivity index (χ1n) is 13.4. The van der Waals surface area contributed by atoms with Crippen LogP contribution in [0.3, 0.4) is 0 Å². The van der Waals surface area contributed by atoms with Gasteiger partial charge in [-0.1, -0.05) is 66.2 Å². The number of benzene rings is 3. The molecule has 43 heavy (non-hydrogen) atoms. The van der Waals surface area contributed by atoms with E-state index < -0.39 is 56.7 Å². The predicted octanol–water partition coefficient (Wildman–Crippen LogP) is 5.99. The lowest BCUT2D eigenvalue weighted by Gasteiger charge is -2.35. The molecule has 0 heterocycles. The van der Waals surface area contributed by atoms with Gasteiger partial charge in [-0.25, -0.2) is 8.42 Å². The molecular formula is C31H35ClF3N3O4S. The molecule has 0 aliphatic heterocycles. The Hall–Kier alpha value is -3.57. The minimum Gasteiger partial charge on any atom is -0.350 e. The number of aryl methyl sites for hydroxylation is 1. The van der Waals surface area contributed by atoms with Crippen molar-refractivity contribution in [3.8, 4) is 0 Å². The maximum Gasteiger partial charge on any atom is 0.417 e. The van der Waals surface area contributed by atoms with Crippen molar-refractivity contribution in [2.24, 2.45) is 0 Å². The molecule has 0 aliphatic carbocycles. The van der Waals surface area contributed by atoms with Crippen molar-refractivity contribution in [2.75, 3.05) is 17.1 Å². The molecule has 0 aliphatic rings. The second kappa shape index (κ2) is 13.4. The van der Waals surface area contributed by atoms with Crippen LogP contribution in [0.15, 0.2) is 72.8 Å². The first kappa shape index (κ1) is 33.9. The van der Waals surface area contributed by atoms with E-state index in [2.05, 4.69) is 5.32 Å². The van der Waals surface area contributed by atoms with Crippen LogP contribution in [0.2, 0.25) is 5.02 Å². The smallest absolute Gasteiger partial charge is 0.350 e. The van der Waals surface area contributed by atoms with Crippen molar-refractivity contribution in [3.05, 3.63) is 100 Å². The quantitative estimate of drug-likeness (QED) is 0.296. The summed E-state index contributed by atoms with van der Waals surface area (Å²) in [5, 5.41) is 2.30. The Morgan fingerprint density at radius 3 is 2.12 bits per heavy atom. The summed E-state index contributed by atoms with van der Waals surface area (Å²) in [6, 6.07) is 17.8. The van der Waals surface area contributed by atoms with E-state index in [1.165, 1.54) is 4.90 Å². The van der Waals surface area contributed by atoms with E-state index in [9.17, 15) is 31.2 Å². The lowest BCUT2D eigenvalue weighted by Crippen LogP contribution is -2.56. The molecule has 2 amide bonds. The Balaban J connectivity index is 2.13. The zero-order valence-corrected chi connectivity index (χ0v) is 26.1. The third-order valence-corrected chi connectivity index (χ3v) is 8.06. The zero-order valence-electron chi connectivity index (χ0n) is 24.6. The molecule has 0 saturated carbocycles. The summed E-state index contributed by atoms with van der Waals surface area (Å²) in [6.45, 7) is 6.32. The summed E-state index contributed by atoms with van der Waals surface area (Å²) >= 11 is 5.76. The van der Waals surface area contributed by atoms with Gasteiger partial charge in [-0.15, -0.1) is 0 Å². The highest BCUT2D eigenvalue weighted by Crippen LogP contribution is 2.37. The third-order valence-electron chi connectivity index (χ3n) is 6.59. The molecule has 3 rings (SSSR count). The second-order valence-corrected chi connectivity index (χ2v) is 13.6. The van der Waals surface area contributed by atoms with Crippen LogP contribution in [0.5, 0.6) is 0 Å². The SMILES string of the molecule is Cc1ccccc1CN(C(=O)CN(c1ccc(Cl)c(C(F)(F)F)c1)S(C)(=O)=O)[C@H](Cc1ccccc1)C(=O)NC(C)(C)C. The lowest BCUT2D eigenvalue weighted by molar-refractivity contribution is -0.140. The van der Waals surface area contributed by atoms with Crippen molar-refractivity contribution in [1.82, 2.24) is 10.2 Å². The van der Waals surface area contributed by atoms with Gasteiger partial charge in [-0.2, -0.15) is 13.2 Å². The van der Waals surface area contributed by atoms with Gasteiger partial charge < -0.3 is 10.2 Å². The number of amides is 2. The van der Waals surface area contributed by atoms with Gasteiger partial charge in [-0.05, 0) is 62.6 Å². The van der Waals surface area contributed by atoms with Crippen LogP contribution in [0.25, 0.3) is 0 Å². The van der Waals surface area contributed by atoms with E-state index in [0.29, 0.717) is 15.9 Å². The lowest BCUT2D eigenvalue weighted by atomic mass is 10.00. The van der Waals surface area contributed by atoms with Gasteiger partial charge in [0.2, 0.25) is 21.8 Å². The molecular weight excluding hydrogens is 603 g/mol. The highest BCUT2D eigenvalue weighted by Gasteiger charge is 2.37. The Morgan fingerprint density at radius 2 is 1.56 bits per heavy atom. The Bertz CT molecular complexity index is 1560. The fraction of sp³-hybridized carbons (Fsp3) is 0.355. The molecule has 0 aromatic heterocycles. The summed E-state index contributed by atoms with van der Waals surface area (Å²) in [7, 11) is -4.26. The molecule has 7 nitrogen and oxygen atoms in total. The van der Waals surface area contributed by atoms with Crippen molar-refractivity contribution in [1.29, 1.82) is 0 Å². The summed E-state index contributed by atoms with van der Waals surface area (Å²) in [6.07, 6.45) is -3.96. The number of sulfonamides is 1. The van der Waals surface area contributed by atoms with Gasteiger partial charge in [0, 0.05) is 18.5 Å². The normalized spacial score (nSPS) is 12.9. The topological polar surface area (TPSA) is 86.8 Å². The molecule has 0 radical (unpaired) electrons.